The van der Waals surface area contributed by atoms with Crippen molar-refractivity contribution in [2.45, 2.75) is 13.0 Å². The van der Waals surface area contributed by atoms with Crippen LogP contribution < -0.4 is 15.4 Å². The Labute approximate surface area is 133 Å². The Kier molecular flexibility index (Phi) is 5.27. The van der Waals surface area contributed by atoms with Crippen LogP contribution in [0.1, 0.15) is 18.5 Å². The molecule has 0 saturated carbocycles. The van der Waals surface area contributed by atoms with Crippen molar-refractivity contribution in [1.29, 1.82) is 0 Å². The molecule has 1 aliphatic rings. The fourth-order valence-electron chi connectivity index (χ4n) is 2.31. The van der Waals surface area contributed by atoms with Gasteiger partial charge in [0.05, 0.1) is 31.2 Å². The van der Waals surface area contributed by atoms with Crippen molar-refractivity contribution in [3.8, 4) is 5.75 Å². The minimum absolute atomic E-state index is 0.00673. The summed E-state index contributed by atoms with van der Waals surface area (Å²) in [6.45, 7) is 1.94. The van der Waals surface area contributed by atoms with Crippen molar-refractivity contribution >= 4 is 23.6 Å². The van der Waals surface area contributed by atoms with Crippen molar-refractivity contribution in [3.63, 3.8) is 0 Å². The van der Waals surface area contributed by atoms with Crippen molar-refractivity contribution in [3.05, 3.63) is 41.1 Å². The first kappa shape index (κ1) is 16.2. The first-order valence-electron chi connectivity index (χ1n) is 6.78. The molecule has 6 nitrogen and oxygen atoms in total. The van der Waals surface area contributed by atoms with Crippen LogP contribution in [0.2, 0.25) is 0 Å². The zero-order valence-corrected chi connectivity index (χ0v) is 13.1. The number of carbonyl (C=O) groups excluding carboxylic acids is 2. The average Bonchev–Trinajstić information content (AvgIpc) is 2.53. The van der Waals surface area contributed by atoms with Gasteiger partial charge in [0, 0.05) is 11.3 Å². The lowest BCUT2D eigenvalue weighted by molar-refractivity contribution is -0.139. The van der Waals surface area contributed by atoms with Crippen molar-refractivity contribution in [2.75, 3.05) is 19.6 Å². The number of alkyl halides is 1. The largest absolute Gasteiger partial charge is 0.496 e. The van der Waals surface area contributed by atoms with Gasteiger partial charge < -0.3 is 20.1 Å². The third kappa shape index (κ3) is 3.17. The summed E-state index contributed by atoms with van der Waals surface area (Å²) in [5.74, 6) is 0.0275. The summed E-state index contributed by atoms with van der Waals surface area (Å²) in [4.78, 5) is 24.1. The molecule has 22 heavy (non-hydrogen) atoms. The Morgan fingerprint density at radius 1 is 1.36 bits per heavy atom. The number of carbonyl (C=O) groups is 2. The molecular formula is C15H17ClN2O4. The molecule has 1 aromatic carbocycles. The molecule has 7 heteroatoms. The molecule has 1 aliphatic heterocycles. The van der Waals surface area contributed by atoms with Gasteiger partial charge in [-0.1, -0.05) is 18.2 Å². The molecule has 2 rings (SSSR count). The van der Waals surface area contributed by atoms with Crippen LogP contribution in [0.25, 0.3) is 0 Å². The molecule has 0 fully saturated rings. The number of urea groups is 1. The van der Waals surface area contributed by atoms with Crippen LogP contribution in [0.5, 0.6) is 5.75 Å². The monoisotopic (exact) mass is 324 g/mol. The Balaban J connectivity index is 2.54. The van der Waals surface area contributed by atoms with Gasteiger partial charge in [0.15, 0.2) is 0 Å². The van der Waals surface area contributed by atoms with Crippen LogP contribution in [-0.4, -0.2) is 31.6 Å². The van der Waals surface area contributed by atoms with Gasteiger partial charge in [-0.25, -0.2) is 9.59 Å². The van der Waals surface area contributed by atoms with Crippen LogP contribution in [-0.2, 0) is 9.53 Å². The van der Waals surface area contributed by atoms with E-state index in [2.05, 4.69) is 10.6 Å². The maximum atomic E-state index is 12.3. The van der Waals surface area contributed by atoms with E-state index in [9.17, 15) is 9.59 Å². The second-order valence-electron chi connectivity index (χ2n) is 4.52. The fraction of sp³-hybridized carbons (Fsp3) is 0.333. The third-order valence-electron chi connectivity index (χ3n) is 3.23. The predicted octanol–water partition coefficient (Wildman–Crippen LogP) is 2.11. The summed E-state index contributed by atoms with van der Waals surface area (Å²) < 4.78 is 10.4. The van der Waals surface area contributed by atoms with Gasteiger partial charge in [-0.3, -0.25) is 0 Å². The molecule has 0 spiro atoms. The number of allylic oxidation sites excluding steroid dienone is 1. The molecule has 1 aromatic rings. The number of nitrogens with one attached hydrogen (secondary N) is 2. The van der Waals surface area contributed by atoms with Crippen LogP contribution in [0.4, 0.5) is 4.79 Å². The first-order chi connectivity index (χ1) is 10.6. The van der Waals surface area contributed by atoms with E-state index in [1.807, 2.05) is 0 Å². The number of esters is 1. The highest BCUT2D eigenvalue weighted by Crippen LogP contribution is 2.33. The maximum absolute atomic E-state index is 12.3. The van der Waals surface area contributed by atoms with Gasteiger partial charge in [-0.15, -0.1) is 11.6 Å². The molecular weight excluding hydrogens is 308 g/mol. The summed E-state index contributed by atoms with van der Waals surface area (Å²) in [6.07, 6.45) is 0. The van der Waals surface area contributed by atoms with Gasteiger partial charge in [-0.2, -0.15) is 0 Å². The molecule has 0 bridgehead atoms. The summed E-state index contributed by atoms with van der Waals surface area (Å²) >= 11 is 5.87. The molecule has 1 heterocycles. The molecule has 118 valence electrons. The molecule has 2 N–H and O–H groups in total. The SMILES string of the molecule is CCOC(=O)C1=C(CCl)NC(=O)NC1c1ccccc1OC. The van der Waals surface area contributed by atoms with E-state index >= 15 is 0 Å². The van der Waals surface area contributed by atoms with Gasteiger partial charge in [0.1, 0.15) is 5.75 Å². The quantitative estimate of drug-likeness (QED) is 0.642. The second-order valence-corrected chi connectivity index (χ2v) is 4.79. The van der Waals surface area contributed by atoms with Gasteiger partial charge >= 0.3 is 12.0 Å². The smallest absolute Gasteiger partial charge is 0.338 e. The van der Waals surface area contributed by atoms with E-state index in [1.165, 1.54) is 7.11 Å². The summed E-state index contributed by atoms with van der Waals surface area (Å²) in [5.41, 5.74) is 1.27. The Hall–Kier alpha value is -2.21. The maximum Gasteiger partial charge on any atom is 0.338 e. The first-order valence-corrected chi connectivity index (χ1v) is 7.32. The lowest BCUT2D eigenvalue weighted by atomic mass is 9.95. The Bertz CT molecular complexity index is 615. The predicted molar refractivity (Wildman–Crippen MR) is 81.8 cm³/mol. The molecule has 0 saturated heterocycles. The molecule has 0 aromatic heterocycles. The number of rotatable bonds is 5. The van der Waals surface area contributed by atoms with Crippen molar-refractivity contribution in [2.24, 2.45) is 0 Å². The van der Waals surface area contributed by atoms with E-state index in [0.29, 0.717) is 17.0 Å². The lowest BCUT2D eigenvalue weighted by Gasteiger charge is -2.29. The second kappa shape index (κ2) is 7.17. The highest BCUT2D eigenvalue weighted by molar-refractivity contribution is 6.20. The minimum Gasteiger partial charge on any atom is -0.496 e. The van der Waals surface area contributed by atoms with Crippen molar-refractivity contribution in [1.82, 2.24) is 10.6 Å². The number of para-hydroxylation sites is 1. The number of hydrogen-bond acceptors (Lipinski definition) is 4. The van der Waals surface area contributed by atoms with E-state index < -0.39 is 18.0 Å². The minimum atomic E-state index is -0.683. The molecule has 0 aliphatic carbocycles. The Morgan fingerprint density at radius 3 is 2.73 bits per heavy atom. The molecule has 1 atom stereocenters. The number of methoxy groups -OCH3 is 1. The standard InChI is InChI=1S/C15H17ClN2O4/c1-3-22-14(19)12-10(8-16)17-15(20)18-13(12)9-6-4-5-7-11(9)21-2/h4-7,13H,3,8H2,1-2H3,(H2,17,18,20). The topological polar surface area (TPSA) is 76.7 Å². The van der Waals surface area contributed by atoms with E-state index in [0.717, 1.165) is 0 Å². The van der Waals surface area contributed by atoms with Crippen LogP contribution >= 0.6 is 11.6 Å². The number of ether oxygens (including phenoxy) is 2. The number of halogens is 1. The zero-order chi connectivity index (χ0) is 16.1. The van der Waals surface area contributed by atoms with E-state index in [4.69, 9.17) is 21.1 Å². The summed E-state index contributed by atoms with van der Waals surface area (Å²) in [6, 6.07) is 6.03. The normalized spacial score (nSPS) is 17.6. The van der Waals surface area contributed by atoms with Crippen LogP contribution in [0, 0.1) is 0 Å². The third-order valence-corrected chi connectivity index (χ3v) is 3.50. The fourth-order valence-corrected chi connectivity index (χ4v) is 2.52. The molecule has 1 unspecified atom stereocenters. The Morgan fingerprint density at radius 2 is 2.09 bits per heavy atom. The number of benzene rings is 1. The number of hydrogen-bond donors (Lipinski definition) is 2. The summed E-state index contributed by atoms with van der Waals surface area (Å²) in [5, 5.41) is 5.26. The van der Waals surface area contributed by atoms with E-state index in [-0.39, 0.29) is 18.1 Å². The highest BCUT2D eigenvalue weighted by Gasteiger charge is 2.34. The van der Waals surface area contributed by atoms with Crippen molar-refractivity contribution < 1.29 is 19.1 Å². The van der Waals surface area contributed by atoms with Gasteiger partial charge in [0.2, 0.25) is 0 Å². The highest BCUT2D eigenvalue weighted by atomic mass is 35.5. The lowest BCUT2D eigenvalue weighted by Crippen LogP contribution is -2.46. The average molecular weight is 325 g/mol. The molecule has 0 radical (unpaired) electrons. The molecule has 2 amide bonds. The van der Waals surface area contributed by atoms with Crippen LogP contribution in [0.15, 0.2) is 35.5 Å². The number of amides is 2. The van der Waals surface area contributed by atoms with Gasteiger partial charge in [-0.05, 0) is 13.0 Å². The van der Waals surface area contributed by atoms with E-state index in [1.54, 1.807) is 31.2 Å². The van der Waals surface area contributed by atoms with Gasteiger partial charge in [0.25, 0.3) is 0 Å². The zero-order valence-electron chi connectivity index (χ0n) is 12.3. The van der Waals surface area contributed by atoms with Crippen LogP contribution in [0.3, 0.4) is 0 Å². The summed E-state index contributed by atoms with van der Waals surface area (Å²) in [7, 11) is 1.53.